The Kier molecular flexibility index (Phi) is 37.1. The first-order valence-corrected chi connectivity index (χ1v) is 23.6. The molecule has 0 bridgehead atoms. The van der Waals surface area contributed by atoms with Crippen LogP contribution in [0.4, 0.5) is 41.9 Å². The summed E-state index contributed by atoms with van der Waals surface area (Å²) in [6.45, 7) is 0. The van der Waals surface area contributed by atoms with Gasteiger partial charge >= 0.3 is 52.6 Å². The fraction of sp³-hybridized carbons (Fsp3) is 0. The number of fused-ring (bicyclic) bond motifs is 6. The molecule has 10 aromatic rings. The van der Waals surface area contributed by atoms with Crippen molar-refractivity contribution in [2.45, 2.75) is 0 Å². The summed E-state index contributed by atoms with van der Waals surface area (Å²) in [5.74, 6) is 0. The molecule has 0 saturated carbocycles. The molecule has 0 saturated heterocycles. The maximum atomic E-state index is 10.0. The van der Waals surface area contributed by atoms with Crippen molar-refractivity contribution >= 4 is 99.9 Å². The number of benzene rings is 4. The molecule has 6 heterocycles. The second-order valence-corrected chi connectivity index (χ2v) is 13.6. The number of halogens is 1. The van der Waals surface area contributed by atoms with Gasteiger partial charge in [-0.3, -0.25) is 51.2 Å². The summed E-state index contributed by atoms with van der Waals surface area (Å²) in [6.07, 6.45) is 11.6. The molecule has 4 aromatic carbocycles. The van der Waals surface area contributed by atoms with E-state index in [0.29, 0.717) is 22.7 Å². The van der Waals surface area contributed by atoms with E-state index in [1.54, 1.807) is 92.1 Å². The van der Waals surface area contributed by atoms with Crippen LogP contribution < -0.4 is 21.3 Å². The van der Waals surface area contributed by atoms with E-state index in [1.165, 1.54) is 57.1 Å². The molecular formula is C50H48ClN14O11Pt2-4. The van der Waals surface area contributed by atoms with Gasteiger partial charge in [0.2, 0.25) is 0 Å². The molecule has 10 rings (SSSR count). The summed E-state index contributed by atoms with van der Waals surface area (Å²) < 4.78 is 0. The van der Waals surface area contributed by atoms with E-state index < -0.39 is 29.5 Å². The molecule has 4 amide bonds. The maximum absolute atomic E-state index is 10.0. The second kappa shape index (κ2) is 41.0. The fourth-order valence-electron chi connectivity index (χ4n) is 5.86. The summed E-state index contributed by atoms with van der Waals surface area (Å²) in [7, 11) is 4.61. The third kappa shape index (κ3) is 28.4. The Balaban J connectivity index is 0. The molecule has 78 heavy (non-hydrogen) atoms. The smallest absolute Gasteiger partial charge is 0.0708 e. The Hall–Kier alpha value is -9.35. The number of para-hydroxylation sites is 2. The van der Waals surface area contributed by atoms with Crippen LogP contribution in [0.3, 0.4) is 0 Å². The molecular weight excluding hydrogens is 1400 g/mol. The van der Waals surface area contributed by atoms with Gasteiger partial charge in [-0.05, 0) is 71.4 Å². The zero-order valence-electron chi connectivity index (χ0n) is 40.1. The van der Waals surface area contributed by atoms with Crippen molar-refractivity contribution in [3.8, 4) is 0 Å². The topological polar surface area (TPSA) is 441 Å². The Labute approximate surface area is 474 Å². The van der Waals surface area contributed by atoms with Crippen molar-refractivity contribution in [3.05, 3.63) is 241 Å². The van der Waals surface area contributed by atoms with Crippen molar-refractivity contribution in [3.63, 3.8) is 0 Å². The SMILES string of the molecule is O=C(O)Nc1cccnc1.O=C(O)Nc1cccnc1.O=C(O)Nc1cccnc1.O=C(O)Nc1cccnc1.O=[N+]([O-])[O-].[Cl][Pt].[NH2-].[NH2-].[NH2-].[Pt].c1ccc2c(c1)cnc1ccccc12.c1ccc2c(c1)cnc1ccccc12. The largest absolute Gasteiger partial charge is 0.693 e. The average molecular weight is 1450 g/mol. The molecule has 0 aliphatic rings. The molecule has 0 aliphatic heterocycles. The molecule has 0 atom stereocenters. The first-order chi connectivity index (χ1) is 35.8. The number of nitrogens with two attached hydrogens (primary N) is 3. The number of aromatic nitrogens is 6. The van der Waals surface area contributed by atoms with Gasteiger partial charge in [0.15, 0.2) is 0 Å². The van der Waals surface area contributed by atoms with Gasteiger partial charge in [-0.2, -0.15) is 0 Å². The van der Waals surface area contributed by atoms with Gasteiger partial charge in [0.25, 0.3) is 0 Å². The van der Waals surface area contributed by atoms with Crippen LogP contribution in [0.5, 0.6) is 0 Å². The number of amides is 4. The molecule has 0 unspecified atom stereocenters. The molecule has 0 spiro atoms. The minimum Gasteiger partial charge on any atom is -0.693 e. The number of pyridine rings is 6. The van der Waals surface area contributed by atoms with Crippen molar-refractivity contribution in [2.75, 3.05) is 21.3 Å². The number of nitrogens with one attached hydrogen (secondary N) is 4. The molecule has 0 fully saturated rings. The second-order valence-electron chi connectivity index (χ2n) is 13.6. The van der Waals surface area contributed by atoms with Gasteiger partial charge in [-0.1, -0.05) is 84.9 Å². The summed E-state index contributed by atoms with van der Waals surface area (Å²) in [5.41, 5.74) is 4.05. The Morgan fingerprint density at radius 2 is 0.628 bits per heavy atom. The van der Waals surface area contributed by atoms with Crippen molar-refractivity contribution < 1.29 is 84.5 Å². The van der Waals surface area contributed by atoms with Gasteiger partial charge in [0.05, 0.1) is 63.7 Å². The van der Waals surface area contributed by atoms with E-state index in [2.05, 4.69) is 121 Å². The van der Waals surface area contributed by atoms with E-state index in [4.69, 9.17) is 35.7 Å². The summed E-state index contributed by atoms with van der Waals surface area (Å²) in [5, 5.41) is 63.7. The third-order valence-corrected chi connectivity index (χ3v) is 8.65. The third-order valence-electron chi connectivity index (χ3n) is 8.65. The quantitative estimate of drug-likeness (QED) is 0.0461. The number of hydrogen-bond donors (Lipinski definition) is 8. The van der Waals surface area contributed by atoms with Crippen LogP contribution >= 0.6 is 9.42 Å². The summed E-state index contributed by atoms with van der Waals surface area (Å²) >= 11 is 1.61. The summed E-state index contributed by atoms with van der Waals surface area (Å²) in [4.78, 5) is 72.0. The number of hydrogen-bond acceptors (Lipinski definition) is 13. The first-order valence-electron chi connectivity index (χ1n) is 20.8. The molecule has 14 N–H and O–H groups in total. The molecule has 415 valence electrons. The Morgan fingerprint density at radius 1 is 0.397 bits per heavy atom. The summed E-state index contributed by atoms with van der Waals surface area (Å²) in [6, 6.07) is 46.3. The van der Waals surface area contributed by atoms with E-state index in [9.17, 15) is 19.2 Å². The van der Waals surface area contributed by atoms with E-state index >= 15 is 0 Å². The van der Waals surface area contributed by atoms with Gasteiger partial charge in [0, 0.05) is 79.8 Å². The Morgan fingerprint density at radius 3 is 0.859 bits per heavy atom. The van der Waals surface area contributed by atoms with Gasteiger partial charge in [-0.25, -0.2) is 19.2 Å². The van der Waals surface area contributed by atoms with Gasteiger partial charge in [-0.15, -0.1) is 0 Å². The minimum atomic E-state index is -1.75. The predicted molar refractivity (Wildman–Crippen MR) is 294 cm³/mol. The molecule has 0 radical (unpaired) electrons. The van der Waals surface area contributed by atoms with E-state index in [-0.39, 0.29) is 39.5 Å². The average Bonchev–Trinajstić information content (AvgIpc) is 3.40. The molecule has 6 aromatic heterocycles. The van der Waals surface area contributed by atoms with Crippen LogP contribution in [-0.4, -0.2) is 79.8 Å². The normalized spacial score (nSPS) is 8.81. The zero-order chi connectivity index (χ0) is 53.9. The first kappa shape index (κ1) is 70.7. The zero-order valence-corrected chi connectivity index (χ0v) is 45.4. The van der Waals surface area contributed by atoms with Crippen LogP contribution in [0, 0.1) is 15.3 Å². The van der Waals surface area contributed by atoms with Gasteiger partial charge in [0.1, 0.15) is 0 Å². The number of carboxylic acid groups (broad SMARTS) is 4. The van der Waals surface area contributed by atoms with Crippen LogP contribution in [0.15, 0.2) is 208 Å². The fourth-order valence-corrected chi connectivity index (χ4v) is 5.86. The van der Waals surface area contributed by atoms with Crippen LogP contribution in [-0.2, 0) is 39.8 Å². The van der Waals surface area contributed by atoms with Crippen molar-refractivity contribution in [1.29, 1.82) is 0 Å². The van der Waals surface area contributed by atoms with Crippen molar-refractivity contribution in [1.82, 2.24) is 29.9 Å². The maximum Gasteiger partial charge on any atom is 0.0708 e. The van der Waals surface area contributed by atoms with E-state index in [1.807, 2.05) is 48.8 Å². The standard InChI is InChI=1S/2C13H9N.4C6H6N2O2.ClH.NO3.3H2N.2Pt/c2*1-2-6-11-10(5-1)9-14-13-8-4-3-7-12(11)13;4*9-6(10)8-5-2-1-3-7-4-5;;2-1(3)4;;;;;/h2*1-9H;4*1-4,8H,(H,9,10);1H;;3*1H2;;/q;;;;;;;4*-1;;+1/p-1. The van der Waals surface area contributed by atoms with Crippen LogP contribution in [0.2, 0.25) is 0 Å². The Bertz CT molecular complexity index is 2870. The monoisotopic (exact) mass is 1450 g/mol. The number of carbonyl (C=O) groups is 4. The molecule has 25 nitrogen and oxygen atoms in total. The predicted octanol–water partition coefficient (Wildman–Crippen LogP) is 14.1. The van der Waals surface area contributed by atoms with Crippen LogP contribution in [0.25, 0.3) is 61.8 Å². The number of anilines is 4. The molecule has 0 aliphatic carbocycles. The van der Waals surface area contributed by atoms with Gasteiger partial charge < -0.3 is 54.2 Å². The van der Waals surface area contributed by atoms with Crippen LogP contribution in [0.1, 0.15) is 0 Å². The number of nitrogens with zero attached hydrogens (tertiary/aromatic N) is 7. The van der Waals surface area contributed by atoms with E-state index in [0.717, 1.165) is 11.0 Å². The van der Waals surface area contributed by atoms with Crippen molar-refractivity contribution in [2.24, 2.45) is 0 Å². The minimum absolute atomic E-state index is 0. The molecule has 28 heteroatoms. The number of rotatable bonds is 4.